The first-order chi connectivity index (χ1) is 10.5. The number of nitrogens with zero attached hydrogens (tertiary/aromatic N) is 2. The summed E-state index contributed by atoms with van der Waals surface area (Å²) in [5, 5.41) is 1.19. The lowest BCUT2D eigenvalue weighted by Crippen LogP contribution is -2.21. The van der Waals surface area contributed by atoms with Gasteiger partial charge in [0.05, 0.1) is 16.3 Å². The van der Waals surface area contributed by atoms with Crippen molar-refractivity contribution in [3.63, 3.8) is 0 Å². The molecule has 114 valence electrons. The number of fused-ring (bicyclic) bond motifs is 1. The van der Waals surface area contributed by atoms with Crippen molar-refractivity contribution >= 4 is 21.6 Å². The number of hydrogen-bond acceptors (Lipinski definition) is 3. The summed E-state index contributed by atoms with van der Waals surface area (Å²) in [5.41, 5.74) is 5.13. The number of rotatable bonds is 4. The maximum absolute atomic E-state index is 4.79. The van der Waals surface area contributed by atoms with Crippen molar-refractivity contribution < 1.29 is 0 Å². The van der Waals surface area contributed by atoms with Crippen LogP contribution in [-0.4, -0.2) is 16.9 Å². The quantitative estimate of drug-likeness (QED) is 0.666. The van der Waals surface area contributed by atoms with E-state index in [9.17, 15) is 0 Å². The fourth-order valence-electron chi connectivity index (χ4n) is 2.84. The summed E-state index contributed by atoms with van der Waals surface area (Å²) in [6, 6.07) is 15.4. The summed E-state index contributed by atoms with van der Waals surface area (Å²) in [6.45, 7) is 7.50. The van der Waals surface area contributed by atoms with E-state index in [4.69, 9.17) is 4.98 Å². The molecule has 0 aliphatic carbocycles. The van der Waals surface area contributed by atoms with Crippen molar-refractivity contribution in [3.8, 4) is 0 Å². The Morgan fingerprint density at radius 1 is 1.09 bits per heavy atom. The smallest absolute Gasteiger partial charge is 0.111 e. The van der Waals surface area contributed by atoms with Gasteiger partial charge in [-0.2, -0.15) is 0 Å². The zero-order valence-electron chi connectivity index (χ0n) is 13.6. The topological polar surface area (TPSA) is 16.1 Å². The molecule has 1 aromatic heterocycles. The normalized spacial score (nSPS) is 13.0. The van der Waals surface area contributed by atoms with Crippen molar-refractivity contribution in [2.75, 3.05) is 7.05 Å². The third-order valence-electron chi connectivity index (χ3n) is 4.04. The Hall–Kier alpha value is -1.71. The first kappa shape index (κ1) is 15.2. The molecule has 0 aliphatic heterocycles. The number of benzene rings is 2. The minimum atomic E-state index is 0.318. The zero-order chi connectivity index (χ0) is 15.7. The number of thiazole rings is 1. The maximum Gasteiger partial charge on any atom is 0.111 e. The third kappa shape index (κ3) is 3.21. The predicted molar refractivity (Wildman–Crippen MR) is 95.4 cm³/mol. The van der Waals surface area contributed by atoms with Crippen molar-refractivity contribution in [1.82, 2.24) is 9.88 Å². The summed E-state index contributed by atoms with van der Waals surface area (Å²) in [7, 11) is 2.17. The van der Waals surface area contributed by atoms with Gasteiger partial charge in [-0.05, 0) is 45.5 Å². The van der Waals surface area contributed by atoms with Crippen molar-refractivity contribution in [2.45, 2.75) is 33.4 Å². The Balaban J connectivity index is 1.80. The summed E-state index contributed by atoms with van der Waals surface area (Å²) in [6.07, 6.45) is 0. The van der Waals surface area contributed by atoms with Gasteiger partial charge in [0.15, 0.2) is 0 Å². The van der Waals surface area contributed by atoms with Gasteiger partial charge < -0.3 is 0 Å². The predicted octanol–water partition coefficient (Wildman–Crippen LogP) is 5.11. The van der Waals surface area contributed by atoms with Crippen LogP contribution in [0.25, 0.3) is 10.2 Å². The molecule has 0 saturated heterocycles. The molecule has 1 atom stereocenters. The minimum Gasteiger partial charge on any atom is -0.293 e. The third-order valence-corrected chi connectivity index (χ3v) is 5.25. The fourth-order valence-corrected chi connectivity index (χ4v) is 3.93. The van der Waals surface area contributed by atoms with Gasteiger partial charge in [0.1, 0.15) is 5.01 Å². The summed E-state index contributed by atoms with van der Waals surface area (Å²) in [5.74, 6) is 0. The van der Waals surface area contributed by atoms with Crippen molar-refractivity contribution in [1.29, 1.82) is 0 Å². The number of hydrogen-bond donors (Lipinski definition) is 0. The van der Waals surface area contributed by atoms with Crippen LogP contribution in [-0.2, 0) is 6.54 Å². The number of aromatic nitrogens is 1. The minimum absolute atomic E-state index is 0.318. The summed E-state index contributed by atoms with van der Waals surface area (Å²) >= 11 is 1.80. The van der Waals surface area contributed by atoms with Gasteiger partial charge in [0.25, 0.3) is 0 Å². The van der Waals surface area contributed by atoms with Gasteiger partial charge in [-0.25, -0.2) is 4.98 Å². The summed E-state index contributed by atoms with van der Waals surface area (Å²) in [4.78, 5) is 7.15. The molecule has 0 unspecified atom stereocenters. The second-order valence-corrected chi connectivity index (χ2v) is 7.17. The van der Waals surface area contributed by atoms with Crippen LogP contribution in [0.1, 0.15) is 34.7 Å². The second-order valence-electron chi connectivity index (χ2n) is 6.11. The van der Waals surface area contributed by atoms with Crippen LogP contribution >= 0.6 is 11.3 Å². The number of aryl methyl sites for hydroxylation is 2. The maximum atomic E-state index is 4.79. The van der Waals surface area contributed by atoms with Gasteiger partial charge in [-0.3, -0.25) is 4.90 Å². The molecular weight excluding hydrogens is 288 g/mol. The molecule has 0 bridgehead atoms. The zero-order valence-corrected chi connectivity index (χ0v) is 14.4. The second kappa shape index (κ2) is 6.19. The molecule has 22 heavy (non-hydrogen) atoms. The molecule has 1 heterocycles. The van der Waals surface area contributed by atoms with Gasteiger partial charge in [-0.1, -0.05) is 41.5 Å². The molecule has 2 nitrogen and oxygen atoms in total. The highest BCUT2D eigenvalue weighted by Crippen LogP contribution is 2.29. The molecule has 0 amide bonds. The lowest BCUT2D eigenvalue weighted by molar-refractivity contribution is 0.253. The highest BCUT2D eigenvalue weighted by Gasteiger charge is 2.16. The van der Waals surface area contributed by atoms with Gasteiger partial charge in [0.2, 0.25) is 0 Å². The average molecular weight is 310 g/mol. The SMILES string of the molecule is Cc1cc(C)cc(CN(C)[C@H](C)c2nc3ccccc3s2)c1. The molecule has 3 aromatic rings. The van der Waals surface area contributed by atoms with Crippen LogP contribution in [0, 0.1) is 13.8 Å². The highest BCUT2D eigenvalue weighted by atomic mass is 32.1. The molecule has 2 aromatic carbocycles. The Morgan fingerprint density at radius 3 is 2.45 bits per heavy atom. The van der Waals surface area contributed by atoms with Crippen LogP contribution in [0.3, 0.4) is 0 Å². The van der Waals surface area contributed by atoms with Crippen molar-refractivity contribution in [3.05, 3.63) is 64.2 Å². The number of para-hydroxylation sites is 1. The van der Waals surface area contributed by atoms with Crippen LogP contribution in [0.5, 0.6) is 0 Å². The van der Waals surface area contributed by atoms with Gasteiger partial charge >= 0.3 is 0 Å². The van der Waals surface area contributed by atoms with E-state index in [-0.39, 0.29) is 0 Å². The molecule has 0 fully saturated rings. The van der Waals surface area contributed by atoms with E-state index in [0.29, 0.717) is 6.04 Å². The lowest BCUT2D eigenvalue weighted by Gasteiger charge is -2.23. The van der Waals surface area contributed by atoms with Crippen LogP contribution in [0.15, 0.2) is 42.5 Å². The Bertz CT molecular complexity index is 738. The molecule has 0 N–H and O–H groups in total. The Labute approximate surface area is 136 Å². The Kier molecular flexibility index (Phi) is 4.27. The van der Waals surface area contributed by atoms with Gasteiger partial charge in [-0.15, -0.1) is 11.3 Å². The monoisotopic (exact) mass is 310 g/mol. The first-order valence-corrected chi connectivity index (χ1v) is 8.47. The van der Waals surface area contributed by atoms with E-state index in [1.165, 1.54) is 26.4 Å². The van der Waals surface area contributed by atoms with Crippen LogP contribution < -0.4 is 0 Å². The van der Waals surface area contributed by atoms with Gasteiger partial charge in [0, 0.05) is 6.54 Å². The largest absolute Gasteiger partial charge is 0.293 e. The first-order valence-electron chi connectivity index (χ1n) is 7.66. The summed E-state index contributed by atoms with van der Waals surface area (Å²) < 4.78 is 1.27. The van der Waals surface area contributed by atoms with E-state index in [1.807, 2.05) is 0 Å². The van der Waals surface area contributed by atoms with Crippen molar-refractivity contribution in [2.24, 2.45) is 0 Å². The van der Waals surface area contributed by atoms with E-state index in [0.717, 1.165) is 12.1 Å². The van der Waals surface area contributed by atoms with E-state index in [1.54, 1.807) is 11.3 Å². The highest BCUT2D eigenvalue weighted by molar-refractivity contribution is 7.18. The van der Waals surface area contributed by atoms with E-state index >= 15 is 0 Å². The molecule has 0 spiro atoms. The fraction of sp³-hybridized carbons (Fsp3) is 0.316. The molecule has 3 rings (SSSR count). The molecule has 0 aliphatic rings. The molecule has 0 saturated carbocycles. The standard InChI is InChI=1S/C19H22N2S/c1-13-9-14(2)11-16(10-13)12-21(4)15(3)19-20-17-7-5-6-8-18(17)22-19/h5-11,15H,12H2,1-4H3/t15-/m1/s1. The molecule has 3 heteroatoms. The average Bonchev–Trinajstić information content (AvgIpc) is 2.89. The van der Waals surface area contributed by atoms with E-state index in [2.05, 4.69) is 75.2 Å². The lowest BCUT2D eigenvalue weighted by atomic mass is 10.1. The van der Waals surface area contributed by atoms with E-state index < -0.39 is 0 Å². The molecule has 0 radical (unpaired) electrons. The van der Waals surface area contributed by atoms with Crippen LogP contribution in [0.2, 0.25) is 0 Å². The molecular formula is C19H22N2S. The van der Waals surface area contributed by atoms with Crippen LogP contribution in [0.4, 0.5) is 0 Å². The Morgan fingerprint density at radius 2 is 1.77 bits per heavy atom.